The van der Waals surface area contributed by atoms with Gasteiger partial charge >= 0.3 is 0 Å². The van der Waals surface area contributed by atoms with Crippen molar-refractivity contribution in [3.8, 4) is 0 Å². The highest BCUT2D eigenvalue weighted by Gasteiger charge is 2.18. The van der Waals surface area contributed by atoms with E-state index in [-0.39, 0.29) is 5.92 Å². The van der Waals surface area contributed by atoms with Gasteiger partial charge in [0.1, 0.15) is 12.2 Å². The number of H-pyrrole nitrogens is 1. The smallest absolute Gasteiger partial charge is 0.137 e. The van der Waals surface area contributed by atoms with E-state index in [2.05, 4.69) is 39.4 Å². The summed E-state index contributed by atoms with van der Waals surface area (Å²) >= 11 is 0. The summed E-state index contributed by atoms with van der Waals surface area (Å²) in [6, 6.07) is 20.7. The highest BCUT2D eigenvalue weighted by atomic mass is 15.2. The number of hydrogen-bond acceptors (Lipinski definition) is 2. The molecule has 0 bridgehead atoms. The van der Waals surface area contributed by atoms with Gasteiger partial charge in [0.2, 0.25) is 0 Å². The standard InChI is InChI=1S/C15H13N3/c1-3-7-12(8-4-1)14(15-16-11-17-18-15)13-9-5-2-6-10-13/h1-11,14H,(H,16,17,18). The van der Waals surface area contributed by atoms with Crippen LogP contribution in [0.4, 0.5) is 0 Å². The van der Waals surface area contributed by atoms with E-state index in [4.69, 9.17) is 0 Å². The van der Waals surface area contributed by atoms with Crippen LogP contribution in [0.15, 0.2) is 67.0 Å². The minimum Gasteiger partial charge on any atom is -0.263 e. The van der Waals surface area contributed by atoms with Crippen molar-refractivity contribution in [2.75, 3.05) is 0 Å². The third-order valence-electron chi connectivity index (χ3n) is 2.97. The van der Waals surface area contributed by atoms with Crippen molar-refractivity contribution in [3.63, 3.8) is 0 Å². The highest BCUT2D eigenvalue weighted by Crippen LogP contribution is 2.28. The first kappa shape index (κ1) is 10.7. The maximum absolute atomic E-state index is 4.30. The van der Waals surface area contributed by atoms with Crippen molar-refractivity contribution in [1.82, 2.24) is 15.2 Å². The van der Waals surface area contributed by atoms with Crippen LogP contribution in [0, 0.1) is 0 Å². The van der Waals surface area contributed by atoms with Gasteiger partial charge < -0.3 is 0 Å². The van der Waals surface area contributed by atoms with Gasteiger partial charge in [-0.3, -0.25) is 5.10 Å². The number of hydrogen-bond donors (Lipinski definition) is 1. The SMILES string of the molecule is c1ccc(C(c2ccccc2)c2ncn[nH]2)cc1. The van der Waals surface area contributed by atoms with E-state index in [1.807, 2.05) is 36.4 Å². The fourth-order valence-corrected chi connectivity index (χ4v) is 2.15. The Morgan fingerprint density at radius 2 is 1.33 bits per heavy atom. The summed E-state index contributed by atoms with van der Waals surface area (Å²) in [5.74, 6) is 0.974. The lowest BCUT2D eigenvalue weighted by molar-refractivity contribution is 0.862. The Hall–Kier alpha value is -2.42. The summed E-state index contributed by atoms with van der Waals surface area (Å²) in [5, 5.41) is 6.93. The van der Waals surface area contributed by atoms with Crippen LogP contribution in [0.5, 0.6) is 0 Å². The zero-order valence-corrected chi connectivity index (χ0v) is 9.82. The summed E-state index contributed by atoms with van der Waals surface area (Å²) in [4.78, 5) is 4.30. The molecule has 1 N–H and O–H groups in total. The Morgan fingerprint density at radius 1 is 0.778 bits per heavy atom. The maximum Gasteiger partial charge on any atom is 0.137 e. The molecule has 0 aliphatic carbocycles. The molecule has 0 unspecified atom stereocenters. The Bertz CT molecular complexity index is 549. The van der Waals surface area contributed by atoms with Crippen molar-refractivity contribution in [2.45, 2.75) is 5.92 Å². The third-order valence-corrected chi connectivity index (χ3v) is 2.97. The van der Waals surface area contributed by atoms with Crippen LogP contribution in [-0.4, -0.2) is 15.2 Å². The molecule has 0 amide bonds. The first-order chi connectivity index (χ1) is 8.95. The van der Waals surface area contributed by atoms with Gasteiger partial charge in [-0.1, -0.05) is 60.7 Å². The van der Waals surface area contributed by atoms with E-state index < -0.39 is 0 Å². The topological polar surface area (TPSA) is 41.6 Å². The Morgan fingerprint density at radius 3 is 1.78 bits per heavy atom. The van der Waals surface area contributed by atoms with Crippen LogP contribution in [0.25, 0.3) is 0 Å². The van der Waals surface area contributed by atoms with Crippen LogP contribution >= 0.6 is 0 Å². The van der Waals surface area contributed by atoms with E-state index in [0.29, 0.717) is 0 Å². The summed E-state index contributed by atoms with van der Waals surface area (Å²) in [5.41, 5.74) is 2.42. The molecule has 2 aromatic carbocycles. The Labute approximate surface area is 106 Å². The minimum atomic E-state index is 0.106. The molecule has 0 aliphatic rings. The van der Waals surface area contributed by atoms with Crippen molar-refractivity contribution in [1.29, 1.82) is 0 Å². The van der Waals surface area contributed by atoms with Gasteiger partial charge in [-0.15, -0.1) is 0 Å². The zero-order chi connectivity index (χ0) is 12.2. The highest BCUT2D eigenvalue weighted by molar-refractivity contribution is 5.37. The van der Waals surface area contributed by atoms with Gasteiger partial charge in [-0.05, 0) is 11.1 Å². The molecule has 0 fully saturated rings. The number of rotatable bonds is 3. The van der Waals surface area contributed by atoms with Gasteiger partial charge in [-0.25, -0.2) is 4.98 Å². The molecular weight excluding hydrogens is 222 g/mol. The van der Waals surface area contributed by atoms with E-state index in [1.165, 1.54) is 11.1 Å². The molecular formula is C15H13N3. The molecule has 0 radical (unpaired) electrons. The van der Waals surface area contributed by atoms with Crippen molar-refractivity contribution in [2.24, 2.45) is 0 Å². The van der Waals surface area contributed by atoms with E-state index in [0.717, 1.165) is 5.82 Å². The van der Waals surface area contributed by atoms with Gasteiger partial charge in [-0.2, -0.15) is 5.10 Å². The van der Waals surface area contributed by atoms with Crippen LogP contribution in [0.1, 0.15) is 22.9 Å². The number of aromatic nitrogens is 3. The minimum absolute atomic E-state index is 0.106. The summed E-state index contributed by atoms with van der Waals surface area (Å²) < 4.78 is 0. The first-order valence-electron chi connectivity index (χ1n) is 5.90. The lowest BCUT2D eigenvalue weighted by atomic mass is 9.91. The Balaban J connectivity index is 2.11. The average Bonchev–Trinajstić information content (AvgIpc) is 2.95. The first-order valence-corrected chi connectivity index (χ1v) is 5.90. The molecule has 0 saturated heterocycles. The lowest BCUT2D eigenvalue weighted by Gasteiger charge is -2.15. The van der Waals surface area contributed by atoms with Crippen molar-refractivity contribution >= 4 is 0 Å². The van der Waals surface area contributed by atoms with Crippen LogP contribution in [0.3, 0.4) is 0 Å². The molecule has 0 spiro atoms. The van der Waals surface area contributed by atoms with Crippen molar-refractivity contribution < 1.29 is 0 Å². The van der Waals surface area contributed by atoms with Gasteiger partial charge in [0, 0.05) is 0 Å². The molecule has 1 aromatic heterocycles. The molecule has 0 atom stereocenters. The summed E-state index contributed by atoms with van der Waals surface area (Å²) in [7, 11) is 0. The number of nitrogens with zero attached hydrogens (tertiary/aromatic N) is 2. The van der Waals surface area contributed by atoms with Crippen LogP contribution in [-0.2, 0) is 0 Å². The van der Waals surface area contributed by atoms with Gasteiger partial charge in [0.05, 0.1) is 5.92 Å². The second-order valence-electron chi connectivity index (χ2n) is 4.13. The quantitative estimate of drug-likeness (QED) is 0.758. The summed E-state index contributed by atoms with van der Waals surface area (Å²) in [6.07, 6.45) is 1.55. The average molecular weight is 235 g/mol. The maximum atomic E-state index is 4.30. The van der Waals surface area contributed by atoms with E-state index >= 15 is 0 Å². The van der Waals surface area contributed by atoms with Gasteiger partial charge in [0.15, 0.2) is 0 Å². The second-order valence-corrected chi connectivity index (χ2v) is 4.13. The third kappa shape index (κ3) is 2.02. The fraction of sp³-hybridized carbons (Fsp3) is 0.0667. The second kappa shape index (κ2) is 4.84. The van der Waals surface area contributed by atoms with Crippen LogP contribution < -0.4 is 0 Å². The molecule has 88 valence electrons. The molecule has 3 aromatic rings. The molecule has 0 saturated carbocycles. The molecule has 18 heavy (non-hydrogen) atoms. The molecule has 1 heterocycles. The molecule has 3 rings (SSSR count). The molecule has 3 heteroatoms. The number of nitrogens with one attached hydrogen (secondary N) is 1. The summed E-state index contributed by atoms with van der Waals surface area (Å²) in [6.45, 7) is 0. The van der Waals surface area contributed by atoms with Crippen LogP contribution in [0.2, 0.25) is 0 Å². The van der Waals surface area contributed by atoms with E-state index in [9.17, 15) is 0 Å². The predicted octanol–water partition coefficient (Wildman–Crippen LogP) is 2.98. The number of aromatic amines is 1. The van der Waals surface area contributed by atoms with Gasteiger partial charge in [0.25, 0.3) is 0 Å². The number of benzene rings is 2. The molecule has 0 aliphatic heterocycles. The largest absolute Gasteiger partial charge is 0.263 e. The Kier molecular flexibility index (Phi) is 2.88. The predicted molar refractivity (Wildman–Crippen MR) is 70.2 cm³/mol. The molecule has 3 nitrogen and oxygen atoms in total. The lowest BCUT2D eigenvalue weighted by Crippen LogP contribution is -2.05. The zero-order valence-electron chi connectivity index (χ0n) is 9.82. The monoisotopic (exact) mass is 235 g/mol. The van der Waals surface area contributed by atoms with Crippen molar-refractivity contribution in [3.05, 3.63) is 83.9 Å². The fourth-order valence-electron chi connectivity index (χ4n) is 2.15. The normalized spacial score (nSPS) is 10.7. The van der Waals surface area contributed by atoms with E-state index in [1.54, 1.807) is 6.33 Å².